The van der Waals surface area contributed by atoms with Crippen LogP contribution in [-0.2, 0) is 9.59 Å². The zero-order chi connectivity index (χ0) is 15.9. The van der Waals surface area contributed by atoms with Crippen molar-refractivity contribution in [3.8, 4) is 5.75 Å². The summed E-state index contributed by atoms with van der Waals surface area (Å²) in [6.07, 6.45) is 4.57. The maximum Gasteiger partial charge on any atom is 0.236 e. The maximum atomic E-state index is 13.0. The second-order valence-corrected chi connectivity index (χ2v) is 6.70. The van der Waals surface area contributed by atoms with Crippen LogP contribution in [0.1, 0.15) is 49.1 Å². The lowest BCUT2D eigenvalue weighted by Gasteiger charge is -2.31. The number of hydrogen-bond acceptors (Lipinski definition) is 3. The Morgan fingerprint density at radius 1 is 1.23 bits per heavy atom. The van der Waals surface area contributed by atoms with Crippen molar-refractivity contribution in [3.63, 3.8) is 0 Å². The quantitative estimate of drug-likeness (QED) is 0.851. The van der Waals surface area contributed by atoms with Crippen LogP contribution in [0.4, 0.5) is 0 Å². The fourth-order valence-corrected chi connectivity index (χ4v) is 4.08. The molecule has 0 aromatic heterocycles. The summed E-state index contributed by atoms with van der Waals surface area (Å²) in [5.41, 5.74) is 0.791. The number of ketones is 1. The van der Waals surface area contributed by atoms with Gasteiger partial charge in [-0.25, -0.2) is 0 Å². The zero-order valence-electron chi connectivity index (χ0n) is 12.9. The lowest BCUT2D eigenvalue weighted by molar-refractivity contribution is -0.125. The number of rotatable bonds is 2. The van der Waals surface area contributed by atoms with E-state index in [4.69, 9.17) is 16.3 Å². The van der Waals surface area contributed by atoms with Crippen LogP contribution in [0.2, 0.25) is 5.02 Å². The first-order valence-electron chi connectivity index (χ1n) is 7.69. The van der Waals surface area contributed by atoms with Gasteiger partial charge in [0.1, 0.15) is 11.7 Å². The van der Waals surface area contributed by atoms with Gasteiger partial charge in [0.15, 0.2) is 5.78 Å². The summed E-state index contributed by atoms with van der Waals surface area (Å²) < 4.78 is 5.38. The average molecular weight is 322 g/mol. The van der Waals surface area contributed by atoms with Gasteiger partial charge in [-0.1, -0.05) is 30.9 Å². The van der Waals surface area contributed by atoms with Crippen LogP contribution in [0.15, 0.2) is 12.1 Å². The van der Waals surface area contributed by atoms with Gasteiger partial charge in [0.2, 0.25) is 5.91 Å². The molecule has 1 heterocycles. The Morgan fingerprint density at radius 3 is 2.55 bits per heavy atom. The van der Waals surface area contributed by atoms with Crippen molar-refractivity contribution in [2.45, 2.75) is 50.5 Å². The van der Waals surface area contributed by atoms with Crippen LogP contribution < -0.4 is 10.1 Å². The molecule has 22 heavy (non-hydrogen) atoms. The van der Waals surface area contributed by atoms with Crippen molar-refractivity contribution in [3.05, 3.63) is 28.3 Å². The Morgan fingerprint density at radius 2 is 1.91 bits per heavy atom. The van der Waals surface area contributed by atoms with Crippen LogP contribution in [0.25, 0.3) is 0 Å². The minimum absolute atomic E-state index is 0.0130. The summed E-state index contributed by atoms with van der Waals surface area (Å²) in [6.45, 7) is 1.86. The lowest BCUT2D eigenvalue weighted by Crippen LogP contribution is -2.47. The van der Waals surface area contributed by atoms with Crippen LogP contribution >= 0.6 is 11.6 Å². The molecule has 1 unspecified atom stereocenters. The van der Waals surface area contributed by atoms with E-state index in [9.17, 15) is 9.59 Å². The van der Waals surface area contributed by atoms with Gasteiger partial charge in [0.05, 0.1) is 12.6 Å². The van der Waals surface area contributed by atoms with Gasteiger partial charge < -0.3 is 10.1 Å². The van der Waals surface area contributed by atoms with Crippen LogP contribution in [0.3, 0.4) is 0 Å². The lowest BCUT2D eigenvalue weighted by atomic mass is 9.76. The van der Waals surface area contributed by atoms with E-state index in [1.807, 2.05) is 6.92 Å². The standard InChI is InChI=1S/C17H20ClNO3/c1-10-8-11(18)9-12(22-2)13(10)14-15(20)17(19-16(14)21)6-4-3-5-7-17/h8-9,14H,3-7H2,1-2H3,(H,19,21). The van der Waals surface area contributed by atoms with Crippen LogP contribution in [-0.4, -0.2) is 24.3 Å². The van der Waals surface area contributed by atoms with E-state index in [0.717, 1.165) is 37.7 Å². The molecular weight excluding hydrogens is 302 g/mol. The zero-order valence-corrected chi connectivity index (χ0v) is 13.6. The van der Waals surface area contributed by atoms with Crippen molar-refractivity contribution < 1.29 is 14.3 Å². The van der Waals surface area contributed by atoms with Gasteiger partial charge in [0, 0.05) is 10.6 Å². The van der Waals surface area contributed by atoms with Gasteiger partial charge in [-0.2, -0.15) is 0 Å². The molecule has 2 fully saturated rings. The Labute approximate surface area is 135 Å². The van der Waals surface area contributed by atoms with Crippen molar-refractivity contribution in [1.29, 1.82) is 0 Å². The summed E-state index contributed by atoms with van der Waals surface area (Å²) in [7, 11) is 1.53. The molecule has 0 bridgehead atoms. The third-order valence-electron chi connectivity index (χ3n) is 4.89. The third-order valence-corrected chi connectivity index (χ3v) is 5.11. The number of methoxy groups -OCH3 is 1. The first kappa shape index (κ1) is 15.3. The number of ether oxygens (including phenoxy) is 1. The molecule has 1 aliphatic carbocycles. The van der Waals surface area contributed by atoms with E-state index in [2.05, 4.69) is 5.32 Å². The molecule has 2 aliphatic rings. The highest BCUT2D eigenvalue weighted by atomic mass is 35.5. The predicted octanol–water partition coefficient (Wildman–Crippen LogP) is 3.14. The number of nitrogens with one attached hydrogen (secondary N) is 1. The van der Waals surface area contributed by atoms with E-state index in [1.54, 1.807) is 12.1 Å². The van der Waals surface area contributed by atoms with E-state index in [-0.39, 0.29) is 11.7 Å². The molecule has 1 amide bonds. The highest BCUT2D eigenvalue weighted by molar-refractivity contribution is 6.31. The van der Waals surface area contributed by atoms with Crippen molar-refractivity contribution in [2.75, 3.05) is 7.11 Å². The van der Waals surface area contributed by atoms with Gasteiger partial charge in [-0.05, 0) is 37.5 Å². The number of benzene rings is 1. The van der Waals surface area contributed by atoms with E-state index < -0.39 is 11.5 Å². The van der Waals surface area contributed by atoms with Gasteiger partial charge in [-0.15, -0.1) is 0 Å². The molecule has 118 valence electrons. The van der Waals surface area contributed by atoms with Crippen LogP contribution in [0, 0.1) is 6.92 Å². The Bertz CT molecular complexity index is 635. The average Bonchev–Trinajstić information content (AvgIpc) is 2.71. The van der Waals surface area contributed by atoms with E-state index in [1.165, 1.54) is 7.11 Å². The third kappa shape index (κ3) is 2.30. The Hall–Kier alpha value is -1.55. The molecule has 1 atom stereocenters. The predicted molar refractivity (Wildman–Crippen MR) is 84.4 cm³/mol. The molecule has 1 saturated heterocycles. The molecule has 3 rings (SSSR count). The highest BCUT2D eigenvalue weighted by Gasteiger charge is 2.53. The van der Waals surface area contributed by atoms with Gasteiger partial charge in [-0.3, -0.25) is 9.59 Å². The fraction of sp³-hybridized carbons (Fsp3) is 0.529. The molecule has 1 saturated carbocycles. The highest BCUT2D eigenvalue weighted by Crippen LogP contribution is 2.43. The molecule has 1 spiro atoms. The number of amides is 1. The number of carbonyl (C=O) groups excluding carboxylic acids is 2. The normalized spacial score (nSPS) is 23.7. The topological polar surface area (TPSA) is 55.4 Å². The number of aryl methyl sites for hydroxylation is 1. The molecule has 1 aromatic rings. The number of Topliss-reactive ketones (excluding diaryl/α,β-unsaturated/α-hetero) is 1. The summed E-state index contributed by atoms with van der Waals surface area (Å²) in [4.78, 5) is 25.6. The minimum atomic E-state index is -0.787. The second kappa shape index (κ2) is 5.58. The molecule has 1 N–H and O–H groups in total. The Balaban J connectivity index is 2.06. The summed E-state index contributed by atoms with van der Waals surface area (Å²) in [5, 5.41) is 3.52. The summed E-state index contributed by atoms with van der Waals surface area (Å²) >= 11 is 6.06. The van der Waals surface area contributed by atoms with E-state index >= 15 is 0 Å². The molecule has 1 aromatic carbocycles. The second-order valence-electron chi connectivity index (χ2n) is 6.27. The SMILES string of the molecule is COc1cc(Cl)cc(C)c1C1C(=O)NC2(CCCCC2)C1=O. The molecular formula is C17H20ClNO3. The van der Waals surface area contributed by atoms with Gasteiger partial charge >= 0.3 is 0 Å². The first-order valence-corrected chi connectivity index (χ1v) is 8.07. The first-order chi connectivity index (χ1) is 10.5. The Kier molecular flexibility index (Phi) is 3.89. The van der Waals surface area contributed by atoms with Crippen LogP contribution in [0.5, 0.6) is 5.75 Å². The number of halogens is 1. The summed E-state index contributed by atoms with van der Waals surface area (Å²) in [5.74, 6) is -0.506. The summed E-state index contributed by atoms with van der Waals surface area (Å²) in [6, 6.07) is 3.43. The fourth-order valence-electron chi connectivity index (χ4n) is 3.82. The number of carbonyl (C=O) groups is 2. The molecule has 1 aliphatic heterocycles. The largest absolute Gasteiger partial charge is 0.496 e. The minimum Gasteiger partial charge on any atom is -0.496 e. The smallest absolute Gasteiger partial charge is 0.236 e. The number of hydrogen-bond donors (Lipinski definition) is 1. The van der Waals surface area contributed by atoms with Gasteiger partial charge in [0.25, 0.3) is 0 Å². The van der Waals surface area contributed by atoms with Crippen molar-refractivity contribution >= 4 is 23.3 Å². The molecule has 5 heteroatoms. The van der Waals surface area contributed by atoms with Crippen molar-refractivity contribution in [1.82, 2.24) is 5.32 Å². The maximum absolute atomic E-state index is 13.0. The van der Waals surface area contributed by atoms with E-state index in [0.29, 0.717) is 16.3 Å². The van der Waals surface area contributed by atoms with Crippen molar-refractivity contribution in [2.24, 2.45) is 0 Å². The molecule has 4 nitrogen and oxygen atoms in total. The monoisotopic (exact) mass is 321 g/mol. The molecule has 0 radical (unpaired) electrons.